The zero-order valence-corrected chi connectivity index (χ0v) is 10.8. The van der Waals surface area contributed by atoms with E-state index in [0.717, 1.165) is 12.8 Å². The van der Waals surface area contributed by atoms with Gasteiger partial charge in [-0.1, -0.05) is 51.9 Å². The monoisotopic (exact) mass is 266 g/mol. The first-order chi connectivity index (χ1) is 6.27. The van der Waals surface area contributed by atoms with E-state index in [0.29, 0.717) is 6.42 Å². The summed E-state index contributed by atoms with van der Waals surface area (Å²) in [5.41, 5.74) is 0. The van der Waals surface area contributed by atoms with E-state index in [1.54, 1.807) is 0 Å². The Morgan fingerprint density at radius 3 is 1.79 bits per heavy atom. The smallest absolute Gasteiger partial charge is 0.303 e. The van der Waals surface area contributed by atoms with Crippen molar-refractivity contribution < 1.29 is 9.90 Å². The number of aliphatic carboxylic acids is 1. The summed E-state index contributed by atoms with van der Waals surface area (Å²) in [6, 6.07) is 0. The molecule has 0 atom stereocenters. The Labute approximate surface area is 97.9 Å². The summed E-state index contributed by atoms with van der Waals surface area (Å²) < 4.78 is 0. The van der Waals surface area contributed by atoms with Gasteiger partial charge in [0.2, 0.25) is 0 Å². The molecule has 0 saturated carbocycles. The molecule has 0 fully saturated rings. The Balaban J connectivity index is 0. The summed E-state index contributed by atoms with van der Waals surface area (Å²) in [5.74, 6) is -0.661. The largest absolute Gasteiger partial charge is 0.481 e. The van der Waals surface area contributed by atoms with Crippen LogP contribution in [0.25, 0.3) is 0 Å². The van der Waals surface area contributed by atoms with Crippen molar-refractivity contribution in [2.24, 2.45) is 0 Å². The molecule has 0 aliphatic rings. The van der Waals surface area contributed by atoms with Crippen molar-refractivity contribution in [3.05, 3.63) is 0 Å². The third-order valence-electron chi connectivity index (χ3n) is 2.24. The molecule has 0 rings (SSSR count). The van der Waals surface area contributed by atoms with Crippen LogP contribution in [0.1, 0.15) is 64.7 Å². The van der Waals surface area contributed by atoms with Crippen molar-refractivity contribution in [1.29, 1.82) is 0 Å². The Kier molecular flexibility index (Phi) is 15.2. The maximum Gasteiger partial charge on any atom is 0.303 e. The van der Waals surface area contributed by atoms with Crippen LogP contribution in [0, 0.1) is 0 Å². The maximum absolute atomic E-state index is 10.2. The molecule has 0 amide bonds. The second-order valence-corrected chi connectivity index (χ2v) is 3.62. The first-order valence-electron chi connectivity index (χ1n) is 5.49. The van der Waals surface area contributed by atoms with E-state index in [4.69, 9.17) is 5.11 Å². The van der Waals surface area contributed by atoms with Crippen molar-refractivity contribution in [1.82, 2.24) is 0 Å². The van der Waals surface area contributed by atoms with Gasteiger partial charge in [0.25, 0.3) is 0 Å². The second kappa shape index (κ2) is 12.9. The van der Waals surface area contributed by atoms with Gasteiger partial charge in [0, 0.05) is 6.42 Å². The van der Waals surface area contributed by atoms with E-state index in [9.17, 15) is 4.79 Å². The molecule has 0 aromatic heterocycles. The minimum absolute atomic E-state index is 0. The summed E-state index contributed by atoms with van der Waals surface area (Å²) in [7, 11) is 0. The molecular formula is C11H23BrO2. The quantitative estimate of drug-likeness (QED) is 0.636. The zero-order valence-electron chi connectivity index (χ0n) is 9.13. The van der Waals surface area contributed by atoms with Gasteiger partial charge in [-0.3, -0.25) is 4.79 Å². The number of rotatable bonds is 9. The van der Waals surface area contributed by atoms with Crippen LogP contribution in [-0.4, -0.2) is 11.1 Å². The highest BCUT2D eigenvalue weighted by molar-refractivity contribution is 8.93. The molecule has 0 spiro atoms. The van der Waals surface area contributed by atoms with Crippen molar-refractivity contribution in [2.45, 2.75) is 64.7 Å². The Hall–Kier alpha value is -0.0500. The first kappa shape index (κ1) is 16.4. The fraction of sp³-hybridized carbons (Fsp3) is 0.909. The summed E-state index contributed by atoms with van der Waals surface area (Å²) in [6.45, 7) is 2.22. The van der Waals surface area contributed by atoms with Crippen molar-refractivity contribution in [3.63, 3.8) is 0 Å². The summed E-state index contributed by atoms with van der Waals surface area (Å²) in [6.07, 6.45) is 10.1. The van der Waals surface area contributed by atoms with Gasteiger partial charge < -0.3 is 5.11 Å². The minimum Gasteiger partial charge on any atom is -0.481 e. The number of carboxylic acid groups (broad SMARTS) is 1. The van der Waals surface area contributed by atoms with Gasteiger partial charge >= 0.3 is 5.97 Å². The number of hydrogen-bond donors (Lipinski definition) is 1. The second-order valence-electron chi connectivity index (χ2n) is 3.62. The van der Waals surface area contributed by atoms with Crippen LogP contribution in [0.4, 0.5) is 0 Å². The fourth-order valence-corrected chi connectivity index (χ4v) is 1.41. The molecule has 0 radical (unpaired) electrons. The summed E-state index contributed by atoms with van der Waals surface area (Å²) >= 11 is 0. The third kappa shape index (κ3) is 14.5. The number of carbonyl (C=O) groups is 1. The molecule has 0 heterocycles. The molecule has 0 aromatic carbocycles. The average Bonchev–Trinajstić information content (AvgIpc) is 2.09. The van der Waals surface area contributed by atoms with E-state index >= 15 is 0 Å². The van der Waals surface area contributed by atoms with Gasteiger partial charge in [-0.25, -0.2) is 0 Å². The molecule has 14 heavy (non-hydrogen) atoms. The molecule has 0 bridgehead atoms. The molecule has 0 saturated heterocycles. The molecule has 3 heteroatoms. The van der Waals surface area contributed by atoms with E-state index in [1.165, 1.54) is 38.5 Å². The molecule has 1 N–H and O–H groups in total. The average molecular weight is 267 g/mol. The van der Waals surface area contributed by atoms with Crippen LogP contribution >= 0.6 is 17.0 Å². The van der Waals surface area contributed by atoms with Crippen molar-refractivity contribution >= 4 is 23.0 Å². The predicted molar refractivity (Wildman–Crippen MR) is 65.2 cm³/mol. The Morgan fingerprint density at radius 1 is 0.929 bits per heavy atom. The van der Waals surface area contributed by atoms with Gasteiger partial charge in [0.15, 0.2) is 0 Å². The van der Waals surface area contributed by atoms with Gasteiger partial charge in [-0.2, -0.15) is 0 Å². The molecule has 0 aromatic rings. The van der Waals surface area contributed by atoms with Crippen LogP contribution in [-0.2, 0) is 4.79 Å². The SMILES string of the molecule is Br.CCCCCCCCCCC(=O)O. The summed E-state index contributed by atoms with van der Waals surface area (Å²) in [5, 5.41) is 8.39. The molecule has 0 aliphatic carbocycles. The highest BCUT2D eigenvalue weighted by Crippen LogP contribution is 2.09. The van der Waals surface area contributed by atoms with Crippen molar-refractivity contribution in [3.8, 4) is 0 Å². The van der Waals surface area contributed by atoms with Crippen LogP contribution in [0.2, 0.25) is 0 Å². The van der Waals surface area contributed by atoms with Gasteiger partial charge in [0.05, 0.1) is 0 Å². The van der Waals surface area contributed by atoms with E-state index in [2.05, 4.69) is 6.92 Å². The van der Waals surface area contributed by atoms with Crippen molar-refractivity contribution in [2.75, 3.05) is 0 Å². The standard InChI is InChI=1S/C11H22O2.BrH/c1-2-3-4-5-6-7-8-9-10-11(12)13;/h2-10H2,1H3,(H,12,13);1H. The summed E-state index contributed by atoms with van der Waals surface area (Å²) in [4.78, 5) is 10.2. The van der Waals surface area contributed by atoms with Gasteiger partial charge in [-0.15, -0.1) is 17.0 Å². The van der Waals surface area contributed by atoms with Crippen LogP contribution < -0.4 is 0 Å². The zero-order chi connectivity index (χ0) is 9.94. The first-order valence-corrected chi connectivity index (χ1v) is 5.49. The van der Waals surface area contributed by atoms with Gasteiger partial charge in [-0.05, 0) is 6.42 Å². The minimum atomic E-state index is -0.661. The molecule has 0 unspecified atom stereocenters. The maximum atomic E-state index is 10.2. The van der Waals surface area contributed by atoms with Crippen LogP contribution in [0.3, 0.4) is 0 Å². The lowest BCUT2D eigenvalue weighted by Gasteiger charge is -1.99. The van der Waals surface area contributed by atoms with E-state index < -0.39 is 5.97 Å². The number of unbranched alkanes of at least 4 members (excludes halogenated alkanes) is 7. The lowest BCUT2D eigenvalue weighted by molar-refractivity contribution is -0.137. The lowest BCUT2D eigenvalue weighted by Crippen LogP contribution is -1.93. The van der Waals surface area contributed by atoms with E-state index in [-0.39, 0.29) is 17.0 Å². The molecule has 2 nitrogen and oxygen atoms in total. The normalized spacial score (nSPS) is 9.50. The lowest BCUT2D eigenvalue weighted by atomic mass is 10.1. The number of hydrogen-bond acceptors (Lipinski definition) is 1. The molecular weight excluding hydrogens is 244 g/mol. The molecule has 86 valence electrons. The number of carboxylic acids is 1. The van der Waals surface area contributed by atoms with Crippen LogP contribution in [0.5, 0.6) is 0 Å². The Morgan fingerprint density at radius 2 is 1.36 bits per heavy atom. The fourth-order valence-electron chi connectivity index (χ4n) is 1.41. The number of halogens is 1. The highest BCUT2D eigenvalue weighted by atomic mass is 79.9. The Bertz CT molecular complexity index is 126. The third-order valence-corrected chi connectivity index (χ3v) is 2.24. The van der Waals surface area contributed by atoms with Crippen LogP contribution in [0.15, 0.2) is 0 Å². The van der Waals surface area contributed by atoms with E-state index in [1.807, 2.05) is 0 Å². The topological polar surface area (TPSA) is 37.3 Å². The van der Waals surface area contributed by atoms with Gasteiger partial charge in [0.1, 0.15) is 0 Å². The predicted octanol–water partition coefficient (Wildman–Crippen LogP) is 4.18. The highest BCUT2D eigenvalue weighted by Gasteiger charge is 1.95. The molecule has 0 aliphatic heterocycles.